The number of amides is 4. The van der Waals surface area contributed by atoms with Crippen molar-refractivity contribution < 1.29 is 24.1 Å². The first-order valence-electron chi connectivity index (χ1n) is 14.2. The largest absolute Gasteiger partial charge is 0.398 e. The van der Waals surface area contributed by atoms with Crippen LogP contribution in [-0.4, -0.2) is 76.1 Å². The molecule has 2 saturated heterocycles. The maximum absolute atomic E-state index is 13.6. The Hall–Kier alpha value is -4.52. The van der Waals surface area contributed by atoms with Crippen molar-refractivity contribution in [1.82, 2.24) is 15.1 Å². The van der Waals surface area contributed by atoms with Crippen molar-refractivity contribution in [3.63, 3.8) is 0 Å². The molecule has 4 amide bonds. The summed E-state index contributed by atoms with van der Waals surface area (Å²) in [6.45, 7) is 1.24. The number of likely N-dealkylation sites (tertiary alicyclic amines) is 2. The van der Waals surface area contributed by atoms with Crippen LogP contribution < -0.4 is 22.1 Å². The maximum Gasteiger partial charge on any atom is 0.269 e. The fourth-order valence-corrected chi connectivity index (χ4v) is 5.50. The van der Waals surface area contributed by atoms with Crippen LogP contribution >= 0.6 is 0 Å². The van der Waals surface area contributed by atoms with Gasteiger partial charge in [0.1, 0.15) is 12.1 Å². The third-order valence-electron chi connectivity index (χ3n) is 7.76. The lowest BCUT2D eigenvalue weighted by Gasteiger charge is -2.32. The van der Waals surface area contributed by atoms with Gasteiger partial charge in [0.2, 0.25) is 17.7 Å². The van der Waals surface area contributed by atoms with Crippen LogP contribution in [0.15, 0.2) is 48.5 Å². The van der Waals surface area contributed by atoms with Crippen LogP contribution in [0.5, 0.6) is 0 Å². The van der Waals surface area contributed by atoms with E-state index in [9.17, 15) is 29.3 Å². The fraction of sp³-hybridized carbons (Fsp3) is 0.448. The molecule has 0 spiro atoms. The average Bonchev–Trinajstić information content (AvgIpc) is 3.67. The molecule has 6 N–H and O–H groups in total. The molecule has 3 atom stereocenters. The van der Waals surface area contributed by atoms with Crippen LogP contribution in [-0.2, 0) is 14.4 Å². The van der Waals surface area contributed by atoms with E-state index in [1.165, 1.54) is 34.1 Å². The van der Waals surface area contributed by atoms with Crippen molar-refractivity contribution in [3.05, 3.63) is 64.2 Å². The highest BCUT2D eigenvalue weighted by Crippen LogP contribution is 2.27. The van der Waals surface area contributed by atoms with Crippen LogP contribution in [0, 0.1) is 10.1 Å². The predicted molar refractivity (Wildman–Crippen MR) is 156 cm³/mol. The summed E-state index contributed by atoms with van der Waals surface area (Å²) in [4.78, 5) is 65.5. The minimum absolute atomic E-state index is 0.0877. The lowest BCUT2D eigenvalue weighted by Crippen LogP contribution is -2.54. The van der Waals surface area contributed by atoms with Crippen molar-refractivity contribution in [2.24, 2.45) is 5.73 Å². The number of para-hydroxylation sites is 1. The number of nitrogens with two attached hydrogens (primary N) is 2. The zero-order valence-electron chi connectivity index (χ0n) is 23.4. The monoisotopic (exact) mass is 579 g/mol. The number of nitrogens with zero attached hydrogens (tertiary/aromatic N) is 3. The van der Waals surface area contributed by atoms with Crippen molar-refractivity contribution in [2.45, 2.75) is 63.1 Å². The van der Waals surface area contributed by atoms with E-state index < -0.39 is 23.0 Å². The number of nitro benzene ring substituents is 1. The predicted octanol–water partition coefficient (Wildman–Crippen LogP) is 2.03. The highest BCUT2D eigenvalue weighted by Gasteiger charge is 2.42. The second-order valence-corrected chi connectivity index (χ2v) is 10.6. The van der Waals surface area contributed by atoms with Gasteiger partial charge in [-0.1, -0.05) is 12.1 Å². The fourth-order valence-electron chi connectivity index (χ4n) is 5.50. The molecular weight excluding hydrogens is 542 g/mol. The Balaban J connectivity index is 1.26. The molecule has 42 heavy (non-hydrogen) atoms. The molecule has 0 aromatic heterocycles. The first-order chi connectivity index (χ1) is 20.2. The van der Waals surface area contributed by atoms with Gasteiger partial charge in [-0.05, 0) is 69.2 Å². The number of unbranched alkanes of at least 4 members (excludes halogenated alkanes) is 1. The SMILES string of the molecule is Nc1ccccc1C(=O)NCCCC[C@H](N)C(=O)N1CCC[C@H]1C(=O)N1CCC[C@H]1C(=O)Nc1ccc([N+](=O)[O-])cc1. The number of nitrogen functional groups attached to an aromatic ring is 1. The highest BCUT2D eigenvalue weighted by molar-refractivity contribution is 6.00. The molecular formula is C29H37N7O6. The zero-order chi connectivity index (χ0) is 30.2. The Bertz CT molecular complexity index is 1320. The summed E-state index contributed by atoms with van der Waals surface area (Å²) >= 11 is 0. The molecule has 13 nitrogen and oxygen atoms in total. The van der Waals surface area contributed by atoms with Gasteiger partial charge in [-0.15, -0.1) is 0 Å². The Labute approximate surface area is 243 Å². The first kappa shape index (κ1) is 30.4. The molecule has 0 radical (unpaired) electrons. The smallest absolute Gasteiger partial charge is 0.269 e. The van der Waals surface area contributed by atoms with Gasteiger partial charge >= 0.3 is 0 Å². The molecule has 0 aliphatic carbocycles. The van der Waals surface area contributed by atoms with E-state index in [0.29, 0.717) is 81.5 Å². The summed E-state index contributed by atoms with van der Waals surface area (Å²) in [5, 5.41) is 16.4. The number of rotatable bonds is 11. The average molecular weight is 580 g/mol. The topological polar surface area (TPSA) is 194 Å². The number of hydrogen-bond acceptors (Lipinski definition) is 8. The number of carbonyl (C=O) groups is 4. The highest BCUT2D eigenvalue weighted by atomic mass is 16.6. The number of anilines is 2. The van der Waals surface area contributed by atoms with Crippen LogP contribution in [0.2, 0.25) is 0 Å². The van der Waals surface area contributed by atoms with Gasteiger partial charge < -0.3 is 31.9 Å². The molecule has 0 saturated carbocycles. The van der Waals surface area contributed by atoms with Crippen molar-refractivity contribution in [1.29, 1.82) is 0 Å². The quantitative estimate of drug-likeness (QED) is 0.134. The molecule has 2 aliphatic heterocycles. The van der Waals surface area contributed by atoms with Gasteiger partial charge in [0.05, 0.1) is 16.5 Å². The van der Waals surface area contributed by atoms with Gasteiger partial charge in [0, 0.05) is 43.1 Å². The molecule has 2 aromatic carbocycles. The van der Waals surface area contributed by atoms with Gasteiger partial charge in [-0.2, -0.15) is 0 Å². The summed E-state index contributed by atoms with van der Waals surface area (Å²) in [7, 11) is 0. The van der Waals surface area contributed by atoms with Crippen LogP contribution in [0.4, 0.5) is 17.1 Å². The minimum atomic E-state index is -0.779. The van der Waals surface area contributed by atoms with Crippen molar-refractivity contribution in [2.75, 3.05) is 30.7 Å². The van der Waals surface area contributed by atoms with E-state index in [4.69, 9.17) is 11.5 Å². The summed E-state index contributed by atoms with van der Waals surface area (Å²) in [6, 6.07) is 10.2. The molecule has 2 heterocycles. The van der Waals surface area contributed by atoms with E-state index in [1.807, 2.05) is 0 Å². The first-order valence-corrected chi connectivity index (χ1v) is 14.2. The second kappa shape index (κ2) is 13.9. The lowest BCUT2D eigenvalue weighted by molar-refractivity contribution is -0.384. The van der Waals surface area contributed by atoms with Gasteiger partial charge in [-0.25, -0.2) is 0 Å². The zero-order valence-corrected chi connectivity index (χ0v) is 23.4. The standard InChI is InChI=1S/C29H37N7O6/c30-22-8-2-1-7-21(22)26(37)32-16-4-3-9-23(31)28(39)35-18-6-11-25(35)29(40)34-17-5-10-24(34)27(38)33-19-12-14-20(15-13-19)36(41)42/h1-2,7-8,12-15,23-25H,3-6,9-11,16-18,30-31H2,(H,32,37)(H,33,38)/t23-,24-,25-/m0/s1. The van der Waals surface area contributed by atoms with E-state index in [0.717, 1.165) is 0 Å². The van der Waals surface area contributed by atoms with E-state index in [1.54, 1.807) is 24.3 Å². The molecule has 2 aliphatic rings. The van der Waals surface area contributed by atoms with Gasteiger partial charge in [-0.3, -0.25) is 29.3 Å². The number of hydrogen-bond donors (Lipinski definition) is 4. The maximum atomic E-state index is 13.6. The molecule has 0 bridgehead atoms. The number of nitrogens with one attached hydrogen (secondary N) is 2. The normalized spacial score (nSPS) is 18.9. The van der Waals surface area contributed by atoms with E-state index in [2.05, 4.69) is 10.6 Å². The van der Waals surface area contributed by atoms with Gasteiger partial charge in [0.15, 0.2) is 0 Å². The number of benzene rings is 2. The Morgan fingerprint density at radius 3 is 2.31 bits per heavy atom. The van der Waals surface area contributed by atoms with Crippen molar-refractivity contribution >= 4 is 40.7 Å². The Kier molecular flexibility index (Phi) is 10.1. The summed E-state index contributed by atoms with van der Waals surface area (Å²) < 4.78 is 0. The second-order valence-electron chi connectivity index (χ2n) is 10.6. The van der Waals surface area contributed by atoms with Gasteiger partial charge in [0.25, 0.3) is 11.6 Å². The Morgan fingerprint density at radius 2 is 1.62 bits per heavy atom. The molecule has 2 aromatic rings. The van der Waals surface area contributed by atoms with Crippen molar-refractivity contribution in [3.8, 4) is 0 Å². The summed E-state index contributed by atoms with van der Waals surface area (Å²) in [5.74, 6) is -1.19. The third kappa shape index (κ3) is 7.21. The minimum Gasteiger partial charge on any atom is -0.398 e. The molecule has 0 unspecified atom stereocenters. The number of carbonyl (C=O) groups excluding carboxylic acids is 4. The number of nitro groups is 1. The summed E-state index contributed by atoms with van der Waals surface area (Å²) in [5.41, 5.74) is 13.2. The lowest BCUT2D eigenvalue weighted by atomic mass is 10.1. The third-order valence-corrected chi connectivity index (χ3v) is 7.76. The number of non-ortho nitro benzene ring substituents is 1. The molecule has 4 rings (SSSR count). The van der Waals surface area contributed by atoms with E-state index in [-0.39, 0.29) is 29.3 Å². The molecule has 13 heteroatoms. The molecule has 224 valence electrons. The van der Waals surface area contributed by atoms with Crippen LogP contribution in [0.1, 0.15) is 55.3 Å². The Morgan fingerprint density at radius 1 is 0.952 bits per heavy atom. The van der Waals surface area contributed by atoms with Crippen LogP contribution in [0.25, 0.3) is 0 Å². The molecule has 2 fully saturated rings. The van der Waals surface area contributed by atoms with Crippen LogP contribution in [0.3, 0.4) is 0 Å². The van der Waals surface area contributed by atoms with E-state index >= 15 is 0 Å². The summed E-state index contributed by atoms with van der Waals surface area (Å²) in [6.07, 6.45) is 3.94.